The third-order valence-corrected chi connectivity index (χ3v) is 5.91. The highest BCUT2D eigenvalue weighted by Gasteiger charge is 2.44. The largest absolute Gasteiger partial charge is 0.321 e. The first-order chi connectivity index (χ1) is 8.74. The minimum absolute atomic E-state index is 0.00819. The van der Waals surface area contributed by atoms with Crippen LogP contribution in [0.15, 0.2) is 24.3 Å². The molecule has 4 unspecified atom stereocenters. The van der Waals surface area contributed by atoms with Crippen molar-refractivity contribution in [3.05, 3.63) is 35.4 Å². The predicted octanol–water partition coefficient (Wildman–Crippen LogP) is 3.61. The molecule has 1 heteroatoms. The Kier molecular flexibility index (Phi) is 2.35. The number of rotatable bonds is 2. The fourth-order valence-corrected chi connectivity index (χ4v) is 5.02. The van der Waals surface area contributed by atoms with E-state index in [0.29, 0.717) is 0 Å². The van der Waals surface area contributed by atoms with Crippen LogP contribution in [-0.2, 0) is 12.0 Å². The van der Waals surface area contributed by atoms with Gasteiger partial charge in [-0.3, -0.25) is 0 Å². The Morgan fingerprint density at radius 3 is 2.83 bits per heavy atom. The third kappa shape index (κ3) is 1.56. The van der Waals surface area contributed by atoms with Gasteiger partial charge in [0, 0.05) is 5.54 Å². The molecule has 1 aromatic carbocycles. The fraction of sp³-hybridized carbons (Fsp3) is 0.647. The highest BCUT2D eigenvalue weighted by molar-refractivity contribution is 5.38. The van der Waals surface area contributed by atoms with E-state index in [4.69, 9.17) is 5.73 Å². The molecule has 4 rings (SSSR count). The number of nitrogens with two attached hydrogens (primary N) is 1. The van der Waals surface area contributed by atoms with Crippen LogP contribution in [0, 0.1) is 17.8 Å². The monoisotopic (exact) mass is 241 g/mol. The van der Waals surface area contributed by atoms with E-state index in [1.54, 1.807) is 0 Å². The molecule has 0 heterocycles. The summed E-state index contributed by atoms with van der Waals surface area (Å²) in [6.07, 6.45) is 9.54. The Hall–Kier alpha value is -0.820. The Labute approximate surface area is 110 Å². The molecule has 0 aliphatic heterocycles. The average Bonchev–Trinajstić information content (AvgIpc) is 3.06. The molecule has 0 radical (unpaired) electrons. The fourth-order valence-electron chi connectivity index (χ4n) is 5.02. The zero-order valence-corrected chi connectivity index (χ0v) is 11.1. The molecule has 2 saturated carbocycles. The Bertz CT molecular complexity index is 466. The molecule has 1 nitrogen and oxygen atoms in total. The van der Waals surface area contributed by atoms with Gasteiger partial charge in [0.15, 0.2) is 0 Å². The molecule has 2 N–H and O–H groups in total. The van der Waals surface area contributed by atoms with E-state index in [9.17, 15) is 0 Å². The Morgan fingerprint density at radius 2 is 2.06 bits per heavy atom. The van der Waals surface area contributed by atoms with Crippen LogP contribution >= 0.6 is 0 Å². The summed E-state index contributed by atoms with van der Waals surface area (Å²) in [4.78, 5) is 0. The van der Waals surface area contributed by atoms with Crippen molar-refractivity contribution in [1.82, 2.24) is 0 Å². The summed E-state index contributed by atoms with van der Waals surface area (Å²) < 4.78 is 0. The molecule has 1 aromatic rings. The predicted molar refractivity (Wildman–Crippen MR) is 74.2 cm³/mol. The molecule has 2 fully saturated rings. The summed E-state index contributed by atoms with van der Waals surface area (Å²) in [6.45, 7) is 0. The van der Waals surface area contributed by atoms with Crippen LogP contribution < -0.4 is 5.73 Å². The van der Waals surface area contributed by atoms with Crippen molar-refractivity contribution in [2.24, 2.45) is 23.5 Å². The number of benzene rings is 1. The van der Waals surface area contributed by atoms with Crippen LogP contribution in [0.25, 0.3) is 0 Å². The molecule has 0 spiro atoms. The van der Waals surface area contributed by atoms with Crippen LogP contribution in [0.4, 0.5) is 0 Å². The highest BCUT2D eigenvalue weighted by atomic mass is 14.8. The van der Waals surface area contributed by atoms with Gasteiger partial charge in [0.1, 0.15) is 0 Å². The van der Waals surface area contributed by atoms with E-state index in [-0.39, 0.29) is 5.54 Å². The van der Waals surface area contributed by atoms with Gasteiger partial charge in [-0.15, -0.1) is 0 Å². The smallest absolute Gasteiger partial charge is 0.0418 e. The summed E-state index contributed by atoms with van der Waals surface area (Å²) in [7, 11) is 0. The first kappa shape index (κ1) is 11.0. The maximum absolute atomic E-state index is 6.78. The molecule has 18 heavy (non-hydrogen) atoms. The van der Waals surface area contributed by atoms with Gasteiger partial charge in [0.25, 0.3) is 0 Å². The molecule has 0 amide bonds. The second kappa shape index (κ2) is 3.84. The molecule has 0 saturated heterocycles. The van der Waals surface area contributed by atoms with E-state index < -0.39 is 0 Å². The van der Waals surface area contributed by atoms with Crippen LogP contribution in [0.3, 0.4) is 0 Å². The number of fused-ring (bicyclic) bond motifs is 3. The molecule has 0 aromatic heterocycles. The van der Waals surface area contributed by atoms with Gasteiger partial charge in [-0.25, -0.2) is 0 Å². The van der Waals surface area contributed by atoms with Gasteiger partial charge in [-0.1, -0.05) is 30.7 Å². The minimum Gasteiger partial charge on any atom is -0.321 e. The van der Waals surface area contributed by atoms with Gasteiger partial charge in [-0.2, -0.15) is 0 Å². The van der Waals surface area contributed by atoms with Crippen molar-refractivity contribution in [3.63, 3.8) is 0 Å². The Balaban J connectivity index is 1.58. The average molecular weight is 241 g/mol. The van der Waals surface area contributed by atoms with Gasteiger partial charge in [0.05, 0.1) is 0 Å². The quantitative estimate of drug-likeness (QED) is 0.841. The van der Waals surface area contributed by atoms with Crippen molar-refractivity contribution in [3.8, 4) is 0 Å². The molecular formula is C17H23N. The van der Waals surface area contributed by atoms with Gasteiger partial charge < -0.3 is 5.73 Å². The molecule has 3 aliphatic carbocycles. The lowest BCUT2D eigenvalue weighted by atomic mass is 9.77. The maximum Gasteiger partial charge on any atom is 0.0418 e. The van der Waals surface area contributed by atoms with Crippen LogP contribution in [0.2, 0.25) is 0 Å². The van der Waals surface area contributed by atoms with Crippen molar-refractivity contribution in [2.75, 3.05) is 0 Å². The summed E-state index contributed by atoms with van der Waals surface area (Å²) >= 11 is 0. The first-order valence-corrected chi connectivity index (χ1v) is 7.62. The molecule has 4 atom stereocenters. The Morgan fingerprint density at radius 1 is 1.17 bits per heavy atom. The molecule has 2 bridgehead atoms. The van der Waals surface area contributed by atoms with Crippen molar-refractivity contribution >= 4 is 0 Å². The van der Waals surface area contributed by atoms with Crippen LogP contribution in [-0.4, -0.2) is 0 Å². The molecular weight excluding hydrogens is 218 g/mol. The second-order valence-electron chi connectivity index (χ2n) is 6.95. The van der Waals surface area contributed by atoms with E-state index in [0.717, 1.165) is 17.8 Å². The van der Waals surface area contributed by atoms with E-state index in [2.05, 4.69) is 24.3 Å². The van der Waals surface area contributed by atoms with Gasteiger partial charge in [-0.05, 0) is 67.4 Å². The van der Waals surface area contributed by atoms with Crippen molar-refractivity contribution in [2.45, 2.75) is 50.5 Å². The van der Waals surface area contributed by atoms with Gasteiger partial charge >= 0.3 is 0 Å². The van der Waals surface area contributed by atoms with E-state index in [1.165, 1.54) is 56.1 Å². The summed E-state index contributed by atoms with van der Waals surface area (Å²) in [5.74, 6) is 2.96. The topological polar surface area (TPSA) is 26.0 Å². The lowest BCUT2D eigenvalue weighted by molar-refractivity contribution is 0.241. The van der Waals surface area contributed by atoms with E-state index >= 15 is 0 Å². The molecule has 3 aliphatic rings. The van der Waals surface area contributed by atoms with Crippen LogP contribution in [0.1, 0.15) is 49.7 Å². The van der Waals surface area contributed by atoms with Gasteiger partial charge in [0.2, 0.25) is 0 Å². The van der Waals surface area contributed by atoms with E-state index in [1.807, 2.05) is 0 Å². The SMILES string of the molecule is NC1(CC2CC3CCC2C3)CCc2ccccc21. The van der Waals surface area contributed by atoms with Crippen LogP contribution in [0.5, 0.6) is 0 Å². The zero-order chi connectivity index (χ0) is 12.2. The summed E-state index contributed by atoms with van der Waals surface area (Å²) in [6, 6.07) is 8.86. The minimum atomic E-state index is -0.00819. The standard InChI is InChI=1S/C17H23N/c18-17(8-7-13-3-1-2-4-16(13)17)11-15-10-12-5-6-14(15)9-12/h1-4,12,14-15H,5-11,18H2. The first-order valence-electron chi connectivity index (χ1n) is 7.62. The van der Waals surface area contributed by atoms with Crippen molar-refractivity contribution in [1.29, 1.82) is 0 Å². The maximum atomic E-state index is 6.78. The number of aryl methyl sites for hydroxylation is 1. The second-order valence-corrected chi connectivity index (χ2v) is 6.95. The number of hydrogen-bond acceptors (Lipinski definition) is 1. The summed E-state index contributed by atoms with van der Waals surface area (Å²) in [5, 5.41) is 0. The number of hydrogen-bond donors (Lipinski definition) is 1. The highest BCUT2D eigenvalue weighted by Crippen LogP contribution is 2.53. The lowest BCUT2D eigenvalue weighted by Crippen LogP contribution is -2.37. The third-order valence-electron chi connectivity index (χ3n) is 5.91. The summed E-state index contributed by atoms with van der Waals surface area (Å²) in [5.41, 5.74) is 9.73. The lowest BCUT2D eigenvalue weighted by Gasteiger charge is -2.32. The normalized spacial score (nSPS) is 41.3. The molecule has 96 valence electrons. The van der Waals surface area contributed by atoms with Crippen molar-refractivity contribution < 1.29 is 0 Å². The zero-order valence-electron chi connectivity index (χ0n) is 11.1.